The molecule has 38 nitrogen and oxygen atoms in total. The number of carbonyl (C=O) groups is 7. The van der Waals surface area contributed by atoms with Crippen molar-refractivity contribution in [1.82, 2.24) is 37.0 Å². The third-order valence-corrected chi connectivity index (χ3v) is 27.9. The minimum absolute atomic E-state index is 0. The number of halogens is 4. The number of aliphatic hydroxyl groups is 2. The van der Waals surface area contributed by atoms with Crippen LogP contribution in [0.4, 0.5) is 13.2 Å². The molecular formula is C102H119BBrF3N8NaO30S4. The summed E-state index contributed by atoms with van der Waals surface area (Å²) in [6.07, 6.45) is -3.18. The number of carbonyl (C=O) groups excluding carboxylic acids is 13. The molecule has 0 saturated heterocycles. The molecule has 0 aliphatic rings. The van der Waals surface area contributed by atoms with E-state index in [1.807, 2.05) is 103 Å². The summed E-state index contributed by atoms with van der Waals surface area (Å²) in [6, 6.07) is 35.8. The topological polar surface area (TPSA) is 552 Å². The molecular weight excluding hydrogens is 2120 g/mol. The van der Waals surface area contributed by atoms with E-state index in [1.54, 1.807) is 136 Å². The molecule has 0 spiro atoms. The number of Topliss-reactive ketones (excluding diaryl/α,β-unsaturated/α-hetero) is 2. The van der Waals surface area contributed by atoms with Crippen LogP contribution >= 0.6 is 61.3 Å². The van der Waals surface area contributed by atoms with Gasteiger partial charge in [-0.15, -0.1) is 45.3 Å². The van der Waals surface area contributed by atoms with Crippen LogP contribution in [0.1, 0.15) is 233 Å². The average Bonchev–Trinajstić information content (AvgIpc) is 1.63. The summed E-state index contributed by atoms with van der Waals surface area (Å²) in [5.74, 6) is -6.16. The van der Waals surface area contributed by atoms with Crippen LogP contribution in [-0.2, 0) is 144 Å². The van der Waals surface area contributed by atoms with Crippen LogP contribution < -0.4 is 74.6 Å². The van der Waals surface area contributed by atoms with Crippen molar-refractivity contribution in [3.8, 4) is 0 Å². The van der Waals surface area contributed by atoms with Gasteiger partial charge in [0.05, 0.1) is 58.7 Å². The number of benzene rings is 4. The Labute approximate surface area is 907 Å². The number of nitrogens with one attached hydrogen (secondary N) is 1. The van der Waals surface area contributed by atoms with Crippen LogP contribution in [0.15, 0.2) is 160 Å². The number of rotatable bonds is 23. The summed E-state index contributed by atoms with van der Waals surface area (Å²) in [4.78, 5) is 263. The third-order valence-electron chi connectivity index (χ3n) is 21.7. The molecule has 4 aromatic carbocycles. The number of hydrogen-bond donors (Lipinski definition) is 5. The third kappa shape index (κ3) is 34.2. The number of aryl methyl sites for hydroxylation is 8. The molecule has 12 aromatic rings. The van der Waals surface area contributed by atoms with Crippen molar-refractivity contribution in [3.05, 3.63) is 269 Å². The molecule has 48 heteroatoms. The Morgan fingerprint density at radius 3 is 0.893 bits per heavy atom. The maximum Gasteiger partial charge on any atom is 1.00 e. The zero-order chi connectivity index (χ0) is 114. The summed E-state index contributed by atoms with van der Waals surface area (Å²) in [5, 5.41) is 40.3. The van der Waals surface area contributed by atoms with Crippen LogP contribution in [0.5, 0.6) is 0 Å². The Morgan fingerprint density at radius 2 is 0.627 bits per heavy atom. The number of aromatic nitrogens is 8. The van der Waals surface area contributed by atoms with Gasteiger partial charge < -0.3 is 36.1 Å². The molecule has 0 amide bonds. The quantitative estimate of drug-likeness (QED) is 0.0131. The molecule has 8 heterocycles. The maximum atomic E-state index is 13.7. The number of fused-ring (bicyclic) bond motifs is 4. The molecule has 2 unspecified atom stereocenters. The first-order valence-electron chi connectivity index (χ1n) is 45.1. The van der Waals surface area contributed by atoms with Gasteiger partial charge in [0.2, 0.25) is 0 Å². The van der Waals surface area contributed by atoms with Gasteiger partial charge in [-0.2, -0.15) is 51.5 Å². The number of alkyl halides is 4. The number of hydrogen-bond acceptors (Lipinski definition) is 32. The summed E-state index contributed by atoms with van der Waals surface area (Å²) < 4.78 is 55.9. The van der Waals surface area contributed by atoms with Gasteiger partial charge in [0.15, 0.2) is 11.6 Å². The van der Waals surface area contributed by atoms with E-state index in [9.17, 15) is 95.6 Å². The molecule has 150 heavy (non-hydrogen) atoms. The van der Waals surface area contributed by atoms with Crippen molar-refractivity contribution in [1.29, 1.82) is 0 Å². The first-order chi connectivity index (χ1) is 68.5. The molecule has 0 fully saturated rings. The van der Waals surface area contributed by atoms with Crippen molar-refractivity contribution in [2.45, 2.75) is 276 Å². The zero-order valence-corrected chi connectivity index (χ0v) is 94.5. The standard InChI is InChI=1S/C25H32N2O5S.C25H30N2O5S.C21H24N2O5S.C17H24N2O4S.C8H7BrO.C2HF3O2.4CO2.B.Na.H/c2*1-8-18-15(2)19-20(29)27(25(6,7)22(30)32-24(3,4)5)23(31)26(21(19)33-18)14-17(28)16-12-10-9-11-13-16;1-5-15-12(2)16-17(25)23(21(3,4)19(26)27)20(28)22(18(16)29-15)11-14(24)13-9-7-6-8-10-13;1-8-10-9(2)11-12(24-10)18-15(22)19(13(11)20)17(6,7)14(21)23-16(3,4)5;9-6-8(10)7-4-2-1-3-5-7;3-2(4,5)1(6)7;4*2-1-3;;;/h9-13,17,28H,8,14H2,1-7H3;9-13H,8,14H2,1-7H3;6-10,14,24H,5,11H2,1-4H3,(H,26,27);8H2,1-7H3,(H,18,22);1-5H,6H2;(H,6,7);;;;;;;/q;;;;;;;;;;;+1;-1. The van der Waals surface area contributed by atoms with E-state index in [0.717, 1.165) is 72.0 Å². The Hall–Kier alpha value is -13.1. The van der Waals surface area contributed by atoms with E-state index in [-0.39, 0.29) is 95.2 Å². The van der Waals surface area contributed by atoms with Gasteiger partial charge in [0, 0.05) is 39.0 Å². The number of aromatic amines is 1. The first kappa shape index (κ1) is 135. The van der Waals surface area contributed by atoms with Gasteiger partial charge in [0.25, 0.3) is 22.2 Å². The maximum absolute atomic E-state index is 13.7. The molecule has 2 atom stereocenters. The number of H-pyrrole nitrogens is 1. The van der Waals surface area contributed by atoms with Crippen molar-refractivity contribution in [3.63, 3.8) is 0 Å². The second kappa shape index (κ2) is 57.8. The minimum atomic E-state index is -5.08. The molecule has 803 valence electrons. The van der Waals surface area contributed by atoms with Crippen molar-refractivity contribution in [2.75, 3.05) is 5.33 Å². The largest absolute Gasteiger partial charge is 1.00 e. The van der Waals surface area contributed by atoms with Gasteiger partial charge in [0.1, 0.15) is 58.3 Å². The fourth-order valence-corrected chi connectivity index (χ4v) is 19.4. The molecule has 0 aliphatic carbocycles. The Bertz CT molecular complexity index is 7430. The summed E-state index contributed by atoms with van der Waals surface area (Å²) in [7, 11) is 0. The van der Waals surface area contributed by atoms with Crippen LogP contribution in [0.3, 0.4) is 0 Å². The smallest absolute Gasteiger partial charge is 1.00 e. The minimum Gasteiger partial charge on any atom is -1.00 e. The van der Waals surface area contributed by atoms with Crippen molar-refractivity contribution >= 4 is 177 Å². The molecule has 8 aromatic heterocycles. The second-order valence-corrected chi connectivity index (χ2v) is 42.1. The Morgan fingerprint density at radius 1 is 0.387 bits per heavy atom. The second-order valence-electron chi connectivity index (χ2n) is 37.2. The Kier molecular flexibility index (Phi) is 52.0. The number of carboxylic acids is 2. The van der Waals surface area contributed by atoms with E-state index in [2.05, 4.69) is 20.9 Å². The number of ether oxygens (including phenoxy) is 3. The fraction of sp³-hybridized carbons (Fsp3) is 0.422. The number of ketones is 2. The van der Waals surface area contributed by atoms with Gasteiger partial charge in [-0.05, 0) is 204 Å². The number of esters is 3. The first-order valence-corrected chi connectivity index (χ1v) is 49.4. The molecule has 0 bridgehead atoms. The monoisotopic (exact) mass is 2230 g/mol. The van der Waals surface area contributed by atoms with Crippen LogP contribution in [0.25, 0.3) is 40.9 Å². The Balaban J connectivity index is 0.00000182. The number of aliphatic carboxylic acids is 2. The van der Waals surface area contributed by atoms with E-state index in [4.69, 9.17) is 62.5 Å². The van der Waals surface area contributed by atoms with Gasteiger partial charge in [-0.3, -0.25) is 47.5 Å². The predicted molar refractivity (Wildman–Crippen MR) is 555 cm³/mol. The fourth-order valence-electron chi connectivity index (χ4n) is 14.3. The molecule has 3 radical (unpaired) electrons. The van der Waals surface area contributed by atoms with E-state index >= 15 is 0 Å². The van der Waals surface area contributed by atoms with Gasteiger partial charge >= 0.3 is 113 Å². The van der Waals surface area contributed by atoms with Gasteiger partial charge in [-0.1, -0.05) is 165 Å². The van der Waals surface area contributed by atoms with Crippen LogP contribution in [0, 0.1) is 27.7 Å². The van der Waals surface area contributed by atoms with E-state index in [1.165, 1.54) is 114 Å². The van der Waals surface area contributed by atoms with E-state index in [0.29, 0.717) is 82.1 Å². The van der Waals surface area contributed by atoms with Crippen LogP contribution in [0.2, 0.25) is 0 Å². The predicted octanol–water partition coefficient (Wildman–Crippen LogP) is 10.6. The molecule has 0 saturated carbocycles. The summed E-state index contributed by atoms with van der Waals surface area (Å²) >= 11 is 8.55. The van der Waals surface area contributed by atoms with Crippen molar-refractivity contribution in [2.24, 2.45) is 0 Å². The van der Waals surface area contributed by atoms with E-state index < -0.39 is 132 Å². The van der Waals surface area contributed by atoms with Crippen molar-refractivity contribution < 1.29 is 151 Å². The summed E-state index contributed by atoms with van der Waals surface area (Å²) in [5.41, 5.74) is -7.73. The summed E-state index contributed by atoms with van der Waals surface area (Å²) in [6.45, 7) is 42.2. The number of thiophene rings is 4. The van der Waals surface area contributed by atoms with Gasteiger partial charge in [-0.25, -0.2) is 61.4 Å². The molecule has 12 rings (SSSR count). The number of carboxylic acid groups (broad SMARTS) is 2. The number of aliphatic hydroxyl groups excluding tert-OH is 2. The SMILES string of the molecule is CCc1sc2[nH]c(=O)n(C(C)(C)C(=O)OC(C)(C)C)c(=O)c2c1C.CCc1sc2c(c1C)c(=O)n(C(C)(C)C(=O)O)c(=O)n2CC(O)c1ccccc1.CCc1sc2c(c1C)c(=O)n(C(C)(C)C(=O)OC(C)(C)C)c(=O)n2CC(=O)c1ccccc1.CCc1sc2c(c1C)c(=O)n(C(C)(C)C(=O)OC(C)(C)C)c(=O)n2CC(O)c1ccccc1.O=C(CBr)c1ccccc1.O=C(O)C(F)(F)F.O=C=O.O=C=O.O=C=O.O=C=O.[B].[H-].[Na+]. The molecule has 5 N–H and O–H groups in total. The zero-order valence-electron chi connectivity index (χ0n) is 88.6. The van der Waals surface area contributed by atoms with Crippen LogP contribution in [-0.4, -0.2) is 160 Å². The normalized spacial score (nSPS) is 11.5. The number of nitrogens with zero attached hydrogens (tertiary/aromatic N) is 7. The average molecular weight is 2240 g/mol. The molecule has 0 aliphatic heterocycles.